The van der Waals surface area contributed by atoms with Gasteiger partial charge in [0.15, 0.2) is 0 Å². The zero-order valence-electron chi connectivity index (χ0n) is 10.5. The first-order valence-electron chi connectivity index (χ1n) is 5.88. The van der Waals surface area contributed by atoms with Gasteiger partial charge in [0.25, 0.3) is 0 Å². The first kappa shape index (κ1) is 13.3. The summed E-state index contributed by atoms with van der Waals surface area (Å²) in [4.78, 5) is 4.36. The number of nitrogens with one attached hydrogen (secondary N) is 2. The number of ether oxygens (including phenoxy) is 1. The second-order valence-electron chi connectivity index (χ2n) is 4.84. The zero-order valence-corrected chi connectivity index (χ0v) is 10.5. The Kier molecular flexibility index (Phi) is 5.02. The summed E-state index contributed by atoms with van der Waals surface area (Å²) in [5.74, 6) is 6.86. The van der Waals surface area contributed by atoms with Crippen LogP contribution in [-0.2, 0) is 4.74 Å². The van der Waals surface area contributed by atoms with E-state index in [0.29, 0.717) is 5.96 Å². The summed E-state index contributed by atoms with van der Waals surface area (Å²) in [6.45, 7) is 5.83. The van der Waals surface area contributed by atoms with Gasteiger partial charge in [0.1, 0.15) is 0 Å². The third kappa shape index (κ3) is 4.37. The van der Waals surface area contributed by atoms with Gasteiger partial charge in [0.05, 0.1) is 0 Å². The molecule has 0 radical (unpaired) electrons. The monoisotopic (exact) mass is 228 g/mol. The van der Waals surface area contributed by atoms with Crippen LogP contribution < -0.4 is 16.6 Å². The van der Waals surface area contributed by atoms with Crippen molar-refractivity contribution in [3.8, 4) is 0 Å². The summed E-state index contributed by atoms with van der Waals surface area (Å²) >= 11 is 0. The predicted octanol–water partition coefficient (Wildman–Crippen LogP) is 0.620. The molecule has 0 saturated heterocycles. The van der Waals surface area contributed by atoms with Crippen LogP contribution in [0.1, 0.15) is 33.1 Å². The van der Waals surface area contributed by atoms with Crippen LogP contribution in [0.25, 0.3) is 0 Å². The lowest BCUT2D eigenvalue weighted by Crippen LogP contribution is -2.52. The van der Waals surface area contributed by atoms with E-state index in [9.17, 15) is 0 Å². The Hall–Kier alpha value is -0.810. The lowest BCUT2D eigenvalue weighted by atomic mass is 9.99. The van der Waals surface area contributed by atoms with E-state index in [4.69, 9.17) is 10.6 Å². The molecule has 0 unspecified atom stereocenters. The first-order valence-corrected chi connectivity index (χ1v) is 5.88. The summed E-state index contributed by atoms with van der Waals surface area (Å²) < 4.78 is 4.97. The van der Waals surface area contributed by atoms with E-state index in [-0.39, 0.29) is 5.54 Å². The molecule has 5 heteroatoms. The largest absolute Gasteiger partial charge is 0.385 e. The minimum atomic E-state index is 0.0759. The molecule has 0 aromatic heterocycles. The number of guanidine groups is 1. The second kappa shape index (κ2) is 6.06. The number of hydrogen-bond acceptors (Lipinski definition) is 3. The van der Waals surface area contributed by atoms with Crippen molar-refractivity contribution in [2.45, 2.75) is 38.6 Å². The van der Waals surface area contributed by atoms with Crippen LogP contribution in [0.5, 0.6) is 0 Å². The molecular weight excluding hydrogens is 204 g/mol. The number of rotatable bonds is 6. The molecule has 0 heterocycles. The van der Waals surface area contributed by atoms with E-state index >= 15 is 0 Å². The quantitative estimate of drug-likeness (QED) is 0.205. The van der Waals surface area contributed by atoms with Gasteiger partial charge in [-0.05, 0) is 39.0 Å². The van der Waals surface area contributed by atoms with Gasteiger partial charge in [-0.15, -0.1) is 0 Å². The normalized spacial score (nSPS) is 17.4. The molecular formula is C11H24N4O. The lowest BCUT2D eigenvalue weighted by molar-refractivity contribution is 0.197. The lowest BCUT2D eigenvalue weighted by Gasteiger charge is -2.27. The zero-order chi connectivity index (χ0) is 12.0. The van der Waals surface area contributed by atoms with Crippen molar-refractivity contribution in [1.29, 1.82) is 0 Å². The Balaban J connectivity index is 2.34. The van der Waals surface area contributed by atoms with Crippen molar-refractivity contribution in [1.82, 2.24) is 10.7 Å². The van der Waals surface area contributed by atoms with Crippen LogP contribution in [0.3, 0.4) is 0 Å². The van der Waals surface area contributed by atoms with Crippen LogP contribution in [-0.4, -0.2) is 31.8 Å². The highest BCUT2D eigenvalue weighted by Crippen LogP contribution is 2.38. The number of hydrogen-bond donors (Lipinski definition) is 3. The molecule has 0 aromatic rings. The smallest absolute Gasteiger partial charge is 0.206 e. The van der Waals surface area contributed by atoms with Crippen molar-refractivity contribution in [3.63, 3.8) is 0 Å². The fourth-order valence-corrected chi connectivity index (χ4v) is 1.73. The van der Waals surface area contributed by atoms with E-state index in [1.807, 2.05) is 0 Å². The molecule has 0 amide bonds. The average molecular weight is 228 g/mol. The molecule has 16 heavy (non-hydrogen) atoms. The van der Waals surface area contributed by atoms with E-state index < -0.39 is 0 Å². The fourth-order valence-electron chi connectivity index (χ4n) is 1.73. The number of nitrogens with two attached hydrogens (primary N) is 1. The maximum absolute atomic E-state index is 5.44. The molecule has 1 saturated carbocycles. The third-order valence-electron chi connectivity index (χ3n) is 2.95. The summed E-state index contributed by atoms with van der Waals surface area (Å²) in [6.07, 6.45) is 3.50. The number of nitrogens with zero attached hydrogens (tertiary/aromatic N) is 1. The van der Waals surface area contributed by atoms with Crippen molar-refractivity contribution in [2.75, 3.05) is 20.3 Å². The van der Waals surface area contributed by atoms with Crippen molar-refractivity contribution in [2.24, 2.45) is 16.8 Å². The van der Waals surface area contributed by atoms with Crippen molar-refractivity contribution < 1.29 is 4.74 Å². The summed E-state index contributed by atoms with van der Waals surface area (Å²) in [7, 11) is 1.69. The van der Waals surface area contributed by atoms with E-state index in [0.717, 1.165) is 25.5 Å². The van der Waals surface area contributed by atoms with Gasteiger partial charge in [0, 0.05) is 25.8 Å². The number of methoxy groups -OCH3 is 1. The van der Waals surface area contributed by atoms with Gasteiger partial charge in [-0.3, -0.25) is 10.4 Å². The van der Waals surface area contributed by atoms with Crippen LogP contribution in [0.2, 0.25) is 0 Å². The molecule has 1 rings (SSSR count). The first-order chi connectivity index (χ1) is 7.60. The second-order valence-corrected chi connectivity index (χ2v) is 4.84. The molecule has 0 spiro atoms. The molecule has 1 fully saturated rings. The van der Waals surface area contributed by atoms with E-state index in [1.165, 1.54) is 12.8 Å². The molecule has 4 N–H and O–H groups in total. The Morgan fingerprint density at radius 3 is 2.69 bits per heavy atom. The van der Waals surface area contributed by atoms with Gasteiger partial charge in [-0.1, -0.05) is 0 Å². The highest BCUT2D eigenvalue weighted by atomic mass is 16.5. The average Bonchev–Trinajstić information content (AvgIpc) is 3.06. The molecule has 5 nitrogen and oxygen atoms in total. The molecule has 94 valence electrons. The van der Waals surface area contributed by atoms with Gasteiger partial charge in [-0.25, -0.2) is 5.84 Å². The van der Waals surface area contributed by atoms with Crippen LogP contribution >= 0.6 is 0 Å². The van der Waals surface area contributed by atoms with Crippen molar-refractivity contribution >= 4 is 5.96 Å². The van der Waals surface area contributed by atoms with Crippen LogP contribution in [0.15, 0.2) is 4.99 Å². The van der Waals surface area contributed by atoms with Gasteiger partial charge in [0.2, 0.25) is 5.96 Å². The third-order valence-corrected chi connectivity index (χ3v) is 2.95. The standard InChI is InChI=1S/C11H24N4O/c1-11(2,9-5-6-9)14-10(15-12)13-7-4-8-16-3/h9H,4-8,12H2,1-3H3,(H2,13,14,15). The predicted molar refractivity (Wildman–Crippen MR) is 66.1 cm³/mol. The van der Waals surface area contributed by atoms with E-state index in [1.54, 1.807) is 7.11 Å². The summed E-state index contributed by atoms with van der Waals surface area (Å²) in [6, 6.07) is 0. The molecule has 0 atom stereocenters. The van der Waals surface area contributed by atoms with Gasteiger partial charge < -0.3 is 10.1 Å². The molecule has 0 aliphatic heterocycles. The SMILES string of the molecule is COCCCN=C(NN)NC(C)(C)C1CC1. The summed E-state index contributed by atoms with van der Waals surface area (Å²) in [5, 5.41) is 3.35. The highest BCUT2D eigenvalue weighted by Gasteiger charge is 2.38. The Morgan fingerprint density at radius 2 is 2.19 bits per heavy atom. The Morgan fingerprint density at radius 1 is 1.50 bits per heavy atom. The molecule has 0 aromatic carbocycles. The van der Waals surface area contributed by atoms with Crippen LogP contribution in [0, 0.1) is 5.92 Å². The van der Waals surface area contributed by atoms with E-state index in [2.05, 4.69) is 29.6 Å². The fraction of sp³-hybridized carbons (Fsp3) is 0.909. The van der Waals surface area contributed by atoms with Gasteiger partial charge in [-0.2, -0.15) is 0 Å². The Labute approximate surface area is 97.8 Å². The Bertz CT molecular complexity index is 236. The van der Waals surface area contributed by atoms with Gasteiger partial charge >= 0.3 is 0 Å². The number of aliphatic imine (C=N–C) groups is 1. The maximum atomic E-state index is 5.44. The molecule has 1 aliphatic carbocycles. The highest BCUT2D eigenvalue weighted by molar-refractivity contribution is 5.80. The summed E-state index contributed by atoms with van der Waals surface area (Å²) in [5.41, 5.74) is 2.69. The van der Waals surface area contributed by atoms with Crippen LogP contribution in [0.4, 0.5) is 0 Å². The molecule has 1 aliphatic rings. The minimum absolute atomic E-state index is 0.0759. The minimum Gasteiger partial charge on any atom is -0.385 e. The maximum Gasteiger partial charge on any atom is 0.206 e. The van der Waals surface area contributed by atoms with Crippen molar-refractivity contribution in [3.05, 3.63) is 0 Å². The molecule has 0 bridgehead atoms. The number of hydrazine groups is 1. The topological polar surface area (TPSA) is 71.7 Å².